The van der Waals surface area contributed by atoms with Gasteiger partial charge in [-0.25, -0.2) is 8.42 Å². The molecular formula is C16H24N2O4S. The van der Waals surface area contributed by atoms with Crippen molar-refractivity contribution in [3.63, 3.8) is 0 Å². The van der Waals surface area contributed by atoms with E-state index in [1.165, 1.54) is 4.31 Å². The Morgan fingerprint density at radius 3 is 2.83 bits per heavy atom. The fourth-order valence-corrected chi connectivity index (χ4v) is 4.29. The first-order valence-corrected chi connectivity index (χ1v) is 9.45. The number of nitrogens with zero attached hydrogens (tertiary/aromatic N) is 1. The number of ether oxygens (including phenoxy) is 1. The Labute approximate surface area is 137 Å². The maximum atomic E-state index is 12.3. The summed E-state index contributed by atoms with van der Waals surface area (Å²) in [7, 11) is -1.66. The summed E-state index contributed by atoms with van der Waals surface area (Å²) in [6.45, 7) is 3.45. The highest BCUT2D eigenvalue weighted by molar-refractivity contribution is 7.92. The zero-order chi connectivity index (χ0) is 16.9. The van der Waals surface area contributed by atoms with Crippen LogP contribution >= 0.6 is 0 Å². The first-order valence-electron chi connectivity index (χ1n) is 7.84. The van der Waals surface area contributed by atoms with E-state index >= 15 is 0 Å². The average Bonchev–Trinajstić information content (AvgIpc) is 2.52. The number of hydrogen-bond acceptors (Lipinski definition) is 4. The molecule has 0 atom stereocenters. The number of sulfonamides is 1. The third-order valence-electron chi connectivity index (χ3n) is 3.90. The lowest BCUT2D eigenvalue weighted by Gasteiger charge is -2.29. The van der Waals surface area contributed by atoms with Crippen molar-refractivity contribution in [2.45, 2.75) is 26.2 Å². The number of aryl methyl sites for hydroxylation is 1. The third kappa shape index (κ3) is 4.45. The van der Waals surface area contributed by atoms with E-state index in [9.17, 15) is 13.2 Å². The molecule has 1 aliphatic rings. The van der Waals surface area contributed by atoms with Crippen LogP contribution in [0.5, 0.6) is 0 Å². The molecule has 0 saturated carbocycles. The van der Waals surface area contributed by atoms with E-state index in [-0.39, 0.29) is 11.7 Å². The third-order valence-corrected chi connectivity index (χ3v) is 5.76. The molecule has 0 aromatic heterocycles. The molecular weight excluding hydrogens is 316 g/mol. The van der Waals surface area contributed by atoms with E-state index in [2.05, 4.69) is 5.32 Å². The smallest absolute Gasteiger partial charge is 0.251 e. The number of benzene rings is 1. The van der Waals surface area contributed by atoms with Gasteiger partial charge in [-0.1, -0.05) is 6.07 Å². The molecule has 23 heavy (non-hydrogen) atoms. The van der Waals surface area contributed by atoms with Gasteiger partial charge in [-0.2, -0.15) is 0 Å². The molecule has 1 saturated heterocycles. The van der Waals surface area contributed by atoms with Crippen molar-refractivity contribution in [3.05, 3.63) is 29.3 Å². The zero-order valence-electron chi connectivity index (χ0n) is 13.7. The summed E-state index contributed by atoms with van der Waals surface area (Å²) in [6.07, 6.45) is 2.27. The molecule has 1 fully saturated rings. The maximum absolute atomic E-state index is 12.3. The first kappa shape index (κ1) is 17.7. The van der Waals surface area contributed by atoms with E-state index < -0.39 is 10.0 Å². The van der Waals surface area contributed by atoms with Crippen LogP contribution in [0.3, 0.4) is 0 Å². The van der Waals surface area contributed by atoms with Crippen molar-refractivity contribution >= 4 is 21.6 Å². The molecule has 1 heterocycles. The van der Waals surface area contributed by atoms with E-state index in [0.717, 1.165) is 18.4 Å². The van der Waals surface area contributed by atoms with Crippen molar-refractivity contribution in [1.82, 2.24) is 5.32 Å². The monoisotopic (exact) mass is 340 g/mol. The molecule has 2 rings (SSSR count). The van der Waals surface area contributed by atoms with Crippen molar-refractivity contribution < 1.29 is 17.9 Å². The Kier molecular flexibility index (Phi) is 6.01. The molecule has 7 heteroatoms. The van der Waals surface area contributed by atoms with Gasteiger partial charge in [0.15, 0.2) is 0 Å². The molecule has 1 aliphatic heterocycles. The highest BCUT2D eigenvalue weighted by Crippen LogP contribution is 2.27. The zero-order valence-corrected chi connectivity index (χ0v) is 14.5. The number of amides is 1. The Hall–Kier alpha value is -1.60. The van der Waals surface area contributed by atoms with Crippen LogP contribution in [-0.4, -0.2) is 46.9 Å². The fourth-order valence-electron chi connectivity index (χ4n) is 2.60. The fraction of sp³-hybridized carbons (Fsp3) is 0.562. The van der Waals surface area contributed by atoms with Gasteiger partial charge in [-0.15, -0.1) is 0 Å². The average molecular weight is 340 g/mol. The lowest BCUT2D eigenvalue weighted by atomic mass is 10.1. The van der Waals surface area contributed by atoms with Gasteiger partial charge in [-0.05, 0) is 43.9 Å². The molecule has 1 N–H and O–H groups in total. The molecule has 1 aromatic carbocycles. The number of carbonyl (C=O) groups is 1. The van der Waals surface area contributed by atoms with E-state index in [4.69, 9.17) is 4.74 Å². The lowest BCUT2D eigenvalue weighted by molar-refractivity contribution is 0.0948. The van der Waals surface area contributed by atoms with Crippen LogP contribution in [-0.2, 0) is 14.8 Å². The molecule has 0 aliphatic carbocycles. The molecule has 0 unspecified atom stereocenters. The second-order valence-corrected chi connectivity index (χ2v) is 7.71. The molecule has 1 aromatic rings. The van der Waals surface area contributed by atoms with Crippen LogP contribution in [0.2, 0.25) is 0 Å². The normalized spacial score (nSPS) is 17.0. The largest absolute Gasteiger partial charge is 0.385 e. The van der Waals surface area contributed by atoms with Crippen molar-refractivity contribution in [1.29, 1.82) is 0 Å². The molecule has 6 nitrogen and oxygen atoms in total. The van der Waals surface area contributed by atoms with Gasteiger partial charge in [0.05, 0.1) is 11.4 Å². The van der Waals surface area contributed by atoms with E-state index in [1.807, 2.05) is 6.92 Å². The van der Waals surface area contributed by atoms with Gasteiger partial charge < -0.3 is 10.1 Å². The lowest BCUT2D eigenvalue weighted by Crippen LogP contribution is -2.38. The Morgan fingerprint density at radius 2 is 2.13 bits per heavy atom. The molecule has 0 radical (unpaired) electrons. The maximum Gasteiger partial charge on any atom is 0.251 e. The quantitative estimate of drug-likeness (QED) is 0.800. The van der Waals surface area contributed by atoms with Gasteiger partial charge in [0.2, 0.25) is 10.0 Å². The van der Waals surface area contributed by atoms with E-state index in [1.54, 1.807) is 25.3 Å². The summed E-state index contributed by atoms with van der Waals surface area (Å²) in [4.78, 5) is 12.2. The minimum absolute atomic E-state index is 0.167. The molecule has 128 valence electrons. The number of nitrogens with one attached hydrogen (secondary N) is 1. The Balaban J connectivity index is 2.17. The highest BCUT2D eigenvalue weighted by atomic mass is 32.2. The van der Waals surface area contributed by atoms with Crippen molar-refractivity contribution in [2.75, 3.05) is 36.9 Å². The molecule has 1 amide bonds. The van der Waals surface area contributed by atoms with Crippen LogP contribution in [0, 0.1) is 6.92 Å². The van der Waals surface area contributed by atoms with Gasteiger partial charge in [-0.3, -0.25) is 9.10 Å². The SMILES string of the molecule is COCCCNC(=O)c1ccc(C)c(N2CCCCS2(=O)=O)c1. The molecule has 0 bridgehead atoms. The Bertz CT molecular complexity index is 658. The standard InChI is InChI=1S/C16H24N2O4S/c1-13-6-7-14(16(19)17-8-5-10-22-2)12-15(13)18-9-3-4-11-23(18,20)21/h6-7,12H,3-5,8-11H2,1-2H3,(H,17,19). The summed E-state index contributed by atoms with van der Waals surface area (Å²) in [5.41, 5.74) is 1.93. The van der Waals surface area contributed by atoms with Gasteiger partial charge in [0.25, 0.3) is 5.91 Å². The van der Waals surface area contributed by atoms with Gasteiger partial charge in [0, 0.05) is 32.4 Å². The number of methoxy groups -OCH3 is 1. The highest BCUT2D eigenvalue weighted by Gasteiger charge is 2.27. The molecule has 0 spiro atoms. The van der Waals surface area contributed by atoms with Crippen LogP contribution < -0.4 is 9.62 Å². The second kappa shape index (κ2) is 7.79. The van der Waals surface area contributed by atoms with Crippen LogP contribution in [0.1, 0.15) is 35.2 Å². The topological polar surface area (TPSA) is 75.7 Å². The summed E-state index contributed by atoms with van der Waals surface area (Å²) in [5, 5.41) is 2.82. The number of carbonyl (C=O) groups excluding carboxylic acids is 1. The minimum atomic E-state index is -3.28. The van der Waals surface area contributed by atoms with Crippen molar-refractivity contribution in [3.8, 4) is 0 Å². The van der Waals surface area contributed by atoms with Crippen molar-refractivity contribution in [2.24, 2.45) is 0 Å². The second-order valence-electron chi connectivity index (χ2n) is 5.70. The first-order chi connectivity index (χ1) is 11.0. The summed E-state index contributed by atoms with van der Waals surface area (Å²) in [6, 6.07) is 5.19. The Morgan fingerprint density at radius 1 is 1.35 bits per heavy atom. The summed E-state index contributed by atoms with van der Waals surface area (Å²) >= 11 is 0. The van der Waals surface area contributed by atoms with Gasteiger partial charge >= 0.3 is 0 Å². The van der Waals surface area contributed by atoms with Crippen LogP contribution in [0.4, 0.5) is 5.69 Å². The van der Waals surface area contributed by atoms with E-state index in [0.29, 0.717) is 37.4 Å². The van der Waals surface area contributed by atoms with Crippen LogP contribution in [0.25, 0.3) is 0 Å². The predicted molar refractivity (Wildman–Crippen MR) is 90.4 cm³/mol. The minimum Gasteiger partial charge on any atom is -0.385 e. The predicted octanol–water partition coefficient (Wildman–Crippen LogP) is 1.69. The van der Waals surface area contributed by atoms with Gasteiger partial charge in [0.1, 0.15) is 0 Å². The summed E-state index contributed by atoms with van der Waals surface area (Å²) in [5.74, 6) is -0.0309. The van der Waals surface area contributed by atoms with Crippen LogP contribution in [0.15, 0.2) is 18.2 Å². The number of hydrogen-bond donors (Lipinski definition) is 1. The number of rotatable bonds is 6. The summed E-state index contributed by atoms with van der Waals surface area (Å²) < 4.78 is 30.9. The number of anilines is 1.